The van der Waals surface area contributed by atoms with Crippen molar-refractivity contribution < 1.29 is 23.9 Å². The molecular formula is C21H23N3O5. The van der Waals surface area contributed by atoms with Crippen molar-refractivity contribution in [1.82, 2.24) is 15.8 Å². The van der Waals surface area contributed by atoms with Crippen molar-refractivity contribution in [2.45, 2.75) is 26.3 Å². The molecule has 2 aromatic carbocycles. The van der Waals surface area contributed by atoms with Gasteiger partial charge in [-0.05, 0) is 61.7 Å². The van der Waals surface area contributed by atoms with E-state index in [-0.39, 0.29) is 6.61 Å². The summed E-state index contributed by atoms with van der Waals surface area (Å²) in [6.45, 7) is 5.15. The van der Waals surface area contributed by atoms with Gasteiger partial charge in [0.15, 0.2) is 6.61 Å². The Kier molecular flexibility index (Phi) is 5.45. The molecule has 1 heterocycles. The number of ether oxygens (including phenoxy) is 2. The molecule has 2 N–H and O–H groups in total. The Morgan fingerprint density at radius 2 is 1.86 bits per heavy atom. The zero-order chi connectivity index (χ0) is 21.2. The quantitative estimate of drug-likeness (QED) is 0.729. The van der Waals surface area contributed by atoms with Crippen LogP contribution >= 0.6 is 0 Å². The Balaban J connectivity index is 1.67. The lowest BCUT2D eigenvalue weighted by Gasteiger charge is -2.22. The second-order valence-corrected chi connectivity index (χ2v) is 7.00. The van der Waals surface area contributed by atoms with E-state index in [1.165, 1.54) is 7.11 Å². The summed E-state index contributed by atoms with van der Waals surface area (Å²) in [6.07, 6.45) is 0. The maximum Gasteiger partial charge on any atom is 0.344 e. The molecule has 3 rings (SSSR count). The van der Waals surface area contributed by atoms with E-state index >= 15 is 0 Å². The maximum absolute atomic E-state index is 12.9. The first-order valence-corrected chi connectivity index (χ1v) is 9.05. The molecule has 4 amide bonds. The number of nitrogens with zero attached hydrogens (tertiary/aromatic N) is 1. The molecule has 152 valence electrons. The van der Waals surface area contributed by atoms with E-state index in [0.29, 0.717) is 22.1 Å². The van der Waals surface area contributed by atoms with Crippen LogP contribution in [0, 0.1) is 13.8 Å². The van der Waals surface area contributed by atoms with Gasteiger partial charge in [0.2, 0.25) is 0 Å². The molecule has 0 aromatic heterocycles. The summed E-state index contributed by atoms with van der Waals surface area (Å²) in [5.41, 5.74) is 3.66. The summed E-state index contributed by atoms with van der Waals surface area (Å²) in [5.74, 6) is -0.145. The van der Waals surface area contributed by atoms with Gasteiger partial charge in [-0.2, -0.15) is 5.01 Å². The molecule has 0 aliphatic carbocycles. The molecule has 0 saturated carbocycles. The molecule has 1 saturated heterocycles. The van der Waals surface area contributed by atoms with Crippen molar-refractivity contribution >= 4 is 17.8 Å². The van der Waals surface area contributed by atoms with E-state index in [0.717, 1.165) is 11.1 Å². The third-order valence-electron chi connectivity index (χ3n) is 4.92. The monoisotopic (exact) mass is 397 g/mol. The van der Waals surface area contributed by atoms with Gasteiger partial charge < -0.3 is 14.8 Å². The van der Waals surface area contributed by atoms with Gasteiger partial charge in [-0.25, -0.2) is 4.79 Å². The Morgan fingerprint density at radius 1 is 1.10 bits per heavy atom. The Labute approximate surface area is 168 Å². The van der Waals surface area contributed by atoms with Crippen LogP contribution in [0.2, 0.25) is 0 Å². The van der Waals surface area contributed by atoms with E-state index in [1.54, 1.807) is 37.3 Å². The predicted molar refractivity (Wildman–Crippen MR) is 105 cm³/mol. The number of methoxy groups -OCH3 is 1. The number of hydrazine groups is 1. The molecule has 0 radical (unpaired) electrons. The highest BCUT2D eigenvalue weighted by atomic mass is 16.5. The topological polar surface area (TPSA) is 97.0 Å². The Morgan fingerprint density at radius 3 is 2.55 bits per heavy atom. The van der Waals surface area contributed by atoms with E-state index in [2.05, 4.69) is 10.7 Å². The minimum atomic E-state index is -1.33. The average molecular weight is 397 g/mol. The SMILES string of the molecule is COc1cccc([C@@]2(C)NC(=O)N(NC(=O)COc3ccc(C)c(C)c3)C2=O)c1. The molecule has 0 unspecified atom stereocenters. The van der Waals surface area contributed by atoms with Crippen LogP contribution in [0.1, 0.15) is 23.6 Å². The van der Waals surface area contributed by atoms with Gasteiger partial charge in [0.1, 0.15) is 17.0 Å². The van der Waals surface area contributed by atoms with Crippen LogP contribution in [0.15, 0.2) is 42.5 Å². The fraction of sp³-hybridized carbons (Fsp3) is 0.286. The minimum absolute atomic E-state index is 0.338. The molecule has 1 aliphatic rings. The van der Waals surface area contributed by atoms with Crippen molar-refractivity contribution in [3.8, 4) is 11.5 Å². The number of nitrogens with one attached hydrogen (secondary N) is 2. The van der Waals surface area contributed by atoms with Gasteiger partial charge in [0, 0.05) is 0 Å². The van der Waals surface area contributed by atoms with Crippen molar-refractivity contribution in [2.24, 2.45) is 0 Å². The second-order valence-electron chi connectivity index (χ2n) is 7.00. The third-order valence-corrected chi connectivity index (χ3v) is 4.92. The standard InChI is InChI=1S/C21H23N3O5/c1-13-8-9-17(10-14(13)2)29-12-18(25)23-24-19(26)21(3,22-20(24)27)15-6-5-7-16(11-15)28-4/h5-11H,12H2,1-4H3,(H,22,27)(H,23,25)/t21-/m1/s1. The van der Waals surface area contributed by atoms with Gasteiger partial charge in [0.25, 0.3) is 11.8 Å². The fourth-order valence-electron chi connectivity index (χ4n) is 2.98. The highest BCUT2D eigenvalue weighted by molar-refractivity contribution is 6.08. The fourth-order valence-corrected chi connectivity index (χ4v) is 2.98. The largest absolute Gasteiger partial charge is 0.497 e. The lowest BCUT2D eigenvalue weighted by Crippen LogP contribution is -2.49. The zero-order valence-electron chi connectivity index (χ0n) is 16.7. The van der Waals surface area contributed by atoms with Crippen LogP contribution in [0.25, 0.3) is 0 Å². The van der Waals surface area contributed by atoms with E-state index < -0.39 is 23.4 Å². The van der Waals surface area contributed by atoms with Crippen LogP contribution in [-0.2, 0) is 15.1 Å². The van der Waals surface area contributed by atoms with Gasteiger partial charge in [-0.1, -0.05) is 18.2 Å². The number of benzene rings is 2. The van der Waals surface area contributed by atoms with Gasteiger partial charge in [0.05, 0.1) is 7.11 Å². The highest BCUT2D eigenvalue weighted by Gasteiger charge is 2.50. The summed E-state index contributed by atoms with van der Waals surface area (Å²) in [7, 11) is 1.51. The van der Waals surface area contributed by atoms with Crippen molar-refractivity contribution in [3.63, 3.8) is 0 Å². The lowest BCUT2D eigenvalue weighted by atomic mass is 9.92. The molecule has 29 heavy (non-hydrogen) atoms. The van der Waals surface area contributed by atoms with E-state index in [9.17, 15) is 14.4 Å². The molecular weight excluding hydrogens is 374 g/mol. The highest BCUT2D eigenvalue weighted by Crippen LogP contribution is 2.30. The van der Waals surface area contributed by atoms with Crippen LogP contribution in [0.3, 0.4) is 0 Å². The van der Waals surface area contributed by atoms with Crippen LogP contribution in [0.4, 0.5) is 4.79 Å². The smallest absolute Gasteiger partial charge is 0.344 e. The molecule has 1 aliphatic heterocycles. The number of rotatable bonds is 6. The molecule has 8 heteroatoms. The summed E-state index contributed by atoms with van der Waals surface area (Å²) in [6, 6.07) is 11.6. The summed E-state index contributed by atoms with van der Waals surface area (Å²) in [4.78, 5) is 37.4. The number of hydrogen-bond donors (Lipinski definition) is 2. The van der Waals surface area contributed by atoms with Gasteiger partial charge >= 0.3 is 6.03 Å². The first-order chi connectivity index (χ1) is 13.7. The zero-order valence-corrected chi connectivity index (χ0v) is 16.7. The maximum atomic E-state index is 12.9. The molecule has 0 bridgehead atoms. The third kappa shape index (κ3) is 4.01. The molecule has 1 atom stereocenters. The number of imide groups is 1. The summed E-state index contributed by atoms with van der Waals surface area (Å²) < 4.78 is 10.6. The minimum Gasteiger partial charge on any atom is -0.497 e. The first-order valence-electron chi connectivity index (χ1n) is 9.05. The van der Waals surface area contributed by atoms with Crippen molar-refractivity contribution in [1.29, 1.82) is 0 Å². The normalized spacial score (nSPS) is 18.4. The Hall–Kier alpha value is -3.55. The summed E-state index contributed by atoms with van der Waals surface area (Å²) in [5, 5.41) is 3.29. The van der Waals surface area contributed by atoms with Crippen LogP contribution in [-0.4, -0.2) is 36.6 Å². The van der Waals surface area contributed by atoms with Crippen molar-refractivity contribution in [2.75, 3.05) is 13.7 Å². The van der Waals surface area contributed by atoms with E-state index in [4.69, 9.17) is 9.47 Å². The first kappa shape index (κ1) is 20.2. The van der Waals surface area contributed by atoms with Crippen LogP contribution < -0.4 is 20.2 Å². The van der Waals surface area contributed by atoms with Crippen LogP contribution in [0.5, 0.6) is 11.5 Å². The van der Waals surface area contributed by atoms with Gasteiger partial charge in [-0.3, -0.25) is 15.0 Å². The number of hydrogen-bond acceptors (Lipinski definition) is 5. The van der Waals surface area contributed by atoms with E-state index in [1.807, 2.05) is 26.0 Å². The molecule has 2 aromatic rings. The molecule has 1 fully saturated rings. The van der Waals surface area contributed by atoms with Crippen molar-refractivity contribution in [3.05, 3.63) is 59.2 Å². The van der Waals surface area contributed by atoms with Gasteiger partial charge in [-0.15, -0.1) is 0 Å². The average Bonchev–Trinajstić information content (AvgIpc) is 2.93. The summed E-state index contributed by atoms with van der Waals surface area (Å²) >= 11 is 0. The number of aryl methyl sites for hydroxylation is 2. The molecule has 0 spiro atoms. The number of carbonyl (C=O) groups is 3. The lowest BCUT2D eigenvalue weighted by molar-refractivity contribution is -0.139. The predicted octanol–water partition coefficient (Wildman–Crippen LogP) is 2.19. The number of carbonyl (C=O) groups excluding carboxylic acids is 3. The Bertz CT molecular complexity index is 975. The molecule has 8 nitrogen and oxygen atoms in total. The number of amides is 4. The second kappa shape index (κ2) is 7.83. The number of urea groups is 1.